The van der Waals surface area contributed by atoms with Gasteiger partial charge in [-0.15, -0.1) is 0 Å². The summed E-state index contributed by atoms with van der Waals surface area (Å²) in [5.74, 6) is -1.61. The van der Waals surface area contributed by atoms with Crippen molar-refractivity contribution < 1.29 is 22.3 Å². The third-order valence-electron chi connectivity index (χ3n) is 3.78. The minimum Gasteiger partial charge on any atom is -0.469 e. The molecule has 1 aromatic carbocycles. The Hall–Kier alpha value is -1.47. The van der Waals surface area contributed by atoms with Crippen LogP contribution in [0.3, 0.4) is 0 Å². The molecule has 0 radical (unpaired) electrons. The highest BCUT2D eigenvalue weighted by molar-refractivity contribution is 7.90. The van der Waals surface area contributed by atoms with Gasteiger partial charge < -0.3 is 4.74 Å². The van der Waals surface area contributed by atoms with Crippen LogP contribution >= 0.6 is 0 Å². The molecular weight excluding hydrogens is 297 g/mol. The van der Waals surface area contributed by atoms with Gasteiger partial charge in [0.25, 0.3) is 0 Å². The fourth-order valence-electron chi connectivity index (χ4n) is 2.65. The van der Waals surface area contributed by atoms with Crippen LogP contribution in [-0.4, -0.2) is 26.7 Å². The van der Waals surface area contributed by atoms with E-state index in [1.54, 1.807) is 6.07 Å². The molecule has 0 saturated heterocycles. The summed E-state index contributed by atoms with van der Waals surface area (Å²) in [4.78, 5) is 11.6. The largest absolute Gasteiger partial charge is 0.469 e. The lowest BCUT2D eigenvalue weighted by molar-refractivity contribution is -0.145. The van der Waals surface area contributed by atoms with Gasteiger partial charge in [-0.2, -0.15) is 0 Å². The number of sulfonamides is 1. The van der Waals surface area contributed by atoms with E-state index in [9.17, 15) is 17.6 Å². The fraction of sp³-hybridized carbons (Fsp3) is 0.500. The summed E-state index contributed by atoms with van der Waals surface area (Å²) in [5, 5.41) is -0.809. The fourth-order valence-corrected chi connectivity index (χ4v) is 4.37. The van der Waals surface area contributed by atoms with E-state index in [4.69, 9.17) is 0 Å². The number of ether oxygens (including phenoxy) is 1. The number of nitrogens with one attached hydrogen (secondary N) is 1. The van der Waals surface area contributed by atoms with Gasteiger partial charge in [-0.25, -0.2) is 17.5 Å². The summed E-state index contributed by atoms with van der Waals surface area (Å²) >= 11 is 0. The molecule has 0 heterocycles. The van der Waals surface area contributed by atoms with Gasteiger partial charge in [-0.1, -0.05) is 24.6 Å². The van der Waals surface area contributed by atoms with Crippen molar-refractivity contribution in [1.82, 2.24) is 4.72 Å². The van der Waals surface area contributed by atoms with E-state index < -0.39 is 33.0 Å². The molecule has 21 heavy (non-hydrogen) atoms. The standard InChI is InChI=1S/C14H18FNO4S/c1-20-14(17)11-6-4-8-13(11)21(18,19)16-9-10-5-2-3-7-12(10)15/h2-3,5,7,11,13,16H,4,6,8-9H2,1H3. The predicted octanol–water partition coefficient (Wildman–Crippen LogP) is 1.59. The lowest BCUT2D eigenvalue weighted by Crippen LogP contribution is -2.39. The van der Waals surface area contributed by atoms with Gasteiger partial charge in [0, 0.05) is 12.1 Å². The van der Waals surface area contributed by atoms with Crippen molar-refractivity contribution in [3.8, 4) is 0 Å². The SMILES string of the molecule is COC(=O)C1CCCC1S(=O)(=O)NCc1ccccc1F. The van der Waals surface area contributed by atoms with Crippen molar-refractivity contribution in [2.45, 2.75) is 31.1 Å². The Labute approximate surface area is 123 Å². The number of hydrogen-bond acceptors (Lipinski definition) is 4. The van der Waals surface area contributed by atoms with Gasteiger partial charge in [0.1, 0.15) is 5.82 Å². The van der Waals surface area contributed by atoms with Crippen LogP contribution in [0.2, 0.25) is 0 Å². The van der Waals surface area contributed by atoms with E-state index in [1.165, 1.54) is 25.3 Å². The van der Waals surface area contributed by atoms with Gasteiger partial charge in [-0.3, -0.25) is 4.79 Å². The van der Waals surface area contributed by atoms with Crippen LogP contribution in [0.5, 0.6) is 0 Å². The molecule has 0 amide bonds. The summed E-state index contributed by atoms with van der Waals surface area (Å²) in [6, 6.07) is 5.97. The molecule has 2 unspecified atom stereocenters. The molecule has 1 N–H and O–H groups in total. The van der Waals surface area contributed by atoms with E-state index in [1.807, 2.05) is 0 Å². The Balaban J connectivity index is 2.08. The molecule has 0 aliphatic heterocycles. The maximum Gasteiger partial charge on any atom is 0.310 e. The lowest BCUT2D eigenvalue weighted by atomic mass is 10.1. The average molecular weight is 315 g/mol. The molecule has 0 spiro atoms. The number of methoxy groups -OCH3 is 1. The normalized spacial score (nSPS) is 22.2. The van der Waals surface area contributed by atoms with E-state index in [2.05, 4.69) is 9.46 Å². The molecule has 0 bridgehead atoms. The number of rotatable bonds is 5. The van der Waals surface area contributed by atoms with Gasteiger partial charge in [0.05, 0.1) is 18.3 Å². The minimum absolute atomic E-state index is 0.126. The second kappa shape index (κ2) is 6.53. The first kappa shape index (κ1) is 15.9. The second-order valence-electron chi connectivity index (χ2n) is 5.06. The van der Waals surface area contributed by atoms with Crippen LogP contribution < -0.4 is 4.72 Å². The molecule has 2 rings (SSSR count). The van der Waals surface area contributed by atoms with Gasteiger partial charge in [0.2, 0.25) is 10.0 Å². The number of carbonyl (C=O) groups is 1. The zero-order chi connectivity index (χ0) is 15.5. The molecule has 116 valence electrons. The van der Waals surface area contributed by atoms with Crippen LogP contribution in [0.15, 0.2) is 24.3 Å². The van der Waals surface area contributed by atoms with Crippen LogP contribution in [0.25, 0.3) is 0 Å². The Kier molecular flexibility index (Phi) is 4.95. The molecule has 5 nitrogen and oxygen atoms in total. The van der Waals surface area contributed by atoms with Crippen LogP contribution in [0, 0.1) is 11.7 Å². The summed E-state index contributed by atoms with van der Waals surface area (Å²) < 4.78 is 45.1. The molecular formula is C14H18FNO4S. The lowest BCUT2D eigenvalue weighted by Gasteiger charge is -2.18. The third-order valence-corrected chi connectivity index (χ3v) is 5.68. The maximum atomic E-state index is 13.5. The van der Waals surface area contributed by atoms with E-state index in [-0.39, 0.29) is 12.1 Å². The summed E-state index contributed by atoms with van der Waals surface area (Å²) in [5.41, 5.74) is 0.272. The summed E-state index contributed by atoms with van der Waals surface area (Å²) in [6.07, 6.45) is 1.56. The number of hydrogen-bond donors (Lipinski definition) is 1. The number of benzene rings is 1. The highest BCUT2D eigenvalue weighted by Crippen LogP contribution is 2.31. The summed E-state index contributed by atoms with van der Waals surface area (Å²) in [7, 11) is -2.45. The van der Waals surface area contributed by atoms with E-state index in [0.717, 1.165) is 0 Å². The molecule has 1 aromatic rings. The average Bonchev–Trinajstić information content (AvgIpc) is 2.96. The van der Waals surface area contributed by atoms with Crippen molar-refractivity contribution in [1.29, 1.82) is 0 Å². The molecule has 1 saturated carbocycles. The molecule has 0 aromatic heterocycles. The number of halogens is 1. The number of carbonyl (C=O) groups excluding carboxylic acids is 1. The Morgan fingerprint density at radius 2 is 2.10 bits per heavy atom. The van der Waals surface area contributed by atoms with Gasteiger partial charge in [0.15, 0.2) is 0 Å². The first-order valence-electron chi connectivity index (χ1n) is 6.75. The topological polar surface area (TPSA) is 72.5 Å². The molecule has 1 aliphatic carbocycles. The predicted molar refractivity (Wildman–Crippen MR) is 75.3 cm³/mol. The maximum absolute atomic E-state index is 13.5. The van der Waals surface area contributed by atoms with Crippen molar-refractivity contribution in [2.75, 3.05) is 7.11 Å². The third kappa shape index (κ3) is 3.59. The molecule has 7 heteroatoms. The monoisotopic (exact) mass is 315 g/mol. The summed E-state index contributed by atoms with van der Waals surface area (Å²) in [6.45, 7) is -0.126. The molecule has 1 aliphatic rings. The van der Waals surface area contributed by atoms with E-state index >= 15 is 0 Å². The minimum atomic E-state index is -3.70. The smallest absolute Gasteiger partial charge is 0.310 e. The Morgan fingerprint density at radius 1 is 1.38 bits per heavy atom. The second-order valence-corrected chi connectivity index (χ2v) is 7.04. The molecule has 1 fully saturated rings. The first-order valence-corrected chi connectivity index (χ1v) is 8.30. The van der Waals surface area contributed by atoms with Crippen LogP contribution in [0.1, 0.15) is 24.8 Å². The zero-order valence-electron chi connectivity index (χ0n) is 11.7. The quantitative estimate of drug-likeness (QED) is 0.838. The van der Waals surface area contributed by atoms with E-state index in [0.29, 0.717) is 19.3 Å². The van der Waals surface area contributed by atoms with Crippen molar-refractivity contribution in [3.05, 3.63) is 35.6 Å². The van der Waals surface area contributed by atoms with Crippen molar-refractivity contribution in [3.63, 3.8) is 0 Å². The Bertz CT molecular complexity index is 617. The molecule has 2 atom stereocenters. The van der Waals surface area contributed by atoms with Crippen molar-refractivity contribution in [2.24, 2.45) is 5.92 Å². The van der Waals surface area contributed by atoms with Crippen LogP contribution in [-0.2, 0) is 26.1 Å². The Morgan fingerprint density at radius 3 is 2.76 bits per heavy atom. The highest BCUT2D eigenvalue weighted by atomic mass is 32.2. The first-order chi connectivity index (χ1) is 9.95. The zero-order valence-corrected chi connectivity index (χ0v) is 12.5. The van der Waals surface area contributed by atoms with Crippen molar-refractivity contribution >= 4 is 16.0 Å². The highest BCUT2D eigenvalue weighted by Gasteiger charge is 2.42. The number of esters is 1. The van der Waals surface area contributed by atoms with Gasteiger partial charge >= 0.3 is 5.97 Å². The van der Waals surface area contributed by atoms with Crippen LogP contribution in [0.4, 0.5) is 4.39 Å². The van der Waals surface area contributed by atoms with Gasteiger partial charge in [-0.05, 0) is 18.9 Å².